The van der Waals surface area contributed by atoms with Crippen LogP contribution in [0.2, 0.25) is 0 Å². The fourth-order valence-corrected chi connectivity index (χ4v) is 2.70. The lowest BCUT2D eigenvalue weighted by Gasteiger charge is -2.12. The molecular formula is C16H17N3O6S. The zero-order valence-corrected chi connectivity index (χ0v) is 15.4. The summed E-state index contributed by atoms with van der Waals surface area (Å²) in [5.74, 6) is 0.363. The fourth-order valence-electron chi connectivity index (χ4n) is 1.96. The number of benzene rings is 1. The molecule has 0 saturated carbocycles. The Morgan fingerprint density at radius 2 is 1.77 bits per heavy atom. The molecule has 10 heteroatoms. The van der Waals surface area contributed by atoms with E-state index in [2.05, 4.69) is 20.3 Å². The standard InChI is InChI=1S/C16H17N3O6S/c1-22-10-5-9(6-11(23-2)14(10)25-4)8-17-19-16-18-15(21)12(26-16)7-13(20)24-3/h5-8H,1-4H3,(H,18,19,21)/b12-7-,17-8-. The van der Waals surface area contributed by atoms with Crippen LogP contribution in [0.3, 0.4) is 0 Å². The van der Waals surface area contributed by atoms with Crippen LogP contribution >= 0.6 is 11.8 Å². The maximum atomic E-state index is 11.7. The van der Waals surface area contributed by atoms with Gasteiger partial charge in [0.05, 0.1) is 39.6 Å². The Kier molecular flexibility index (Phi) is 6.61. The lowest BCUT2D eigenvalue weighted by Crippen LogP contribution is -2.19. The van der Waals surface area contributed by atoms with Gasteiger partial charge in [-0.25, -0.2) is 4.79 Å². The van der Waals surface area contributed by atoms with Crippen LogP contribution in [0.15, 0.2) is 33.3 Å². The summed E-state index contributed by atoms with van der Waals surface area (Å²) in [4.78, 5) is 23.1. The molecule has 138 valence electrons. The lowest BCUT2D eigenvalue weighted by molar-refractivity contribution is -0.135. The third kappa shape index (κ3) is 4.54. The van der Waals surface area contributed by atoms with Gasteiger partial charge in [-0.3, -0.25) is 10.1 Å². The average Bonchev–Trinajstić information content (AvgIpc) is 2.99. The Morgan fingerprint density at radius 1 is 1.12 bits per heavy atom. The van der Waals surface area contributed by atoms with Crippen molar-refractivity contribution in [2.24, 2.45) is 10.2 Å². The minimum absolute atomic E-state index is 0.179. The minimum Gasteiger partial charge on any atom is -0.493 e. The van der Waals surface area contributed by atoms with Crippen LogP contribution in [0, 0.1) is 0 Å². The highest BCUT2D eigenvalue weighted by atomic mass is 32.2. The van der Waals surface area contributed by atoms with E-state index in [1.165, 1.54) is 34.7 Å². The molecule has 1 aliphatic heterocycles. The molecule has 9 nitrogen and oxygen atoms in total. The molecule has 1 amide bonds. The van der Waals surface area contributed by atoms with Crippen molar-refractivity contribution in [1.29, 1.82) is 0 Å². The Hall–Kier alpha value is -3.01. The van der Waals surface area contributed by atoms with Gasteiger partial charge in [0.25, 0.3) is 5.91 Å². The van der Waals surface area contributed by atoms with E-state index in [4.69, 9.17) is 14.2 Å². The van der Waals surface area contributed by atoms with Gasteiger partial charge in [-0.2, -0.15) is 5.10 Å². The molecule has 1 N–H and O–H groups in total. The lowest BCUT2D eigenvalue weighted by atomic mass is 10.2. The second kappa shape index (κ2) is 8.90. The van der Waals surface area contributed by atoms with E-state index >= 15 is 0 Å². The summed E-state index contributed by atoms with van der Waals surface area (Å²) in [6, 6.07) is 3.40. The highest BCUT2D eigenvalue weighted by molar-refractivity contribution is 8.18. The van der Waals surface area contributed by atoms with Crippen LogP contribution in [0.1, 0.15) is 5.56 Å². The van der Waals surface area contributed by atoms with E-state index in [0.29, 0.717) is 22.8 Å². The SMILES string of the molecule is COC(=O)/C=C1\SC(=N/N=C\c2cc(OC)c(OC)c(OC)c2)NC1=O. The summed E-state index contributed by atoms with van der Waals surface area (Å²) < 4.78 is 20.3. The number of rotatable bonds is 6. The first-order valence-electron chi connectivity index (χ1n) is 7.22. The minimum atomic E-state index is -0.621. The molecule has 0 unspecified atom stereocenters. The average molecular weight is 379 g/mol. The van der Waals surface area contributed by atoms with Crippen LogP contribution < -0.4 is 19.5 Å². The van der Waals surface area contributed by atoms with Crippen LogP contribution in [-0.4, -0.2) is 51.7 Å². The van der Waals surface area contributed by atoms with Crippen molar-refractivity contribution in [2.75, 3.05) is 28.4 Å². The summed E-state index contributed by atoms with van der Waals surface area (Å²) >= 11 is 0.985. The first-order valence-corrected chi connectivity index (χ1v) is 8.04. The molecule has 0 aromatic heterocycles. The normalized spacial score (nSPS) is 16.8. The molecule has 2 rings (SSSR count). The summed E-state index contributed by atoms with van der Waals surface area (Å²) in [5.41, 5.74) is 0.656. The molecule has 0 aliphatic carbocycles. The molecule has 0 atom stereocenters. The monoisotopic (exact) mass is 379 g/mol. The van der Waals surface area contributed by atoms with Gasteiger partial charge in [-0.15, -0.1) is 5.10 Å². The molecule has 26 heavy (non-hydrogen) atoms. The van der Waals surface area contributed by atoms with Crippen molar-refractivity contribution in [2.45, 2.75) is 0 Å². The number of nitrogens with one attached hydrogen (secondary N) is 1. The Labute approximate surface area is 154 Å². The van der Waals surface area contributed by atoms with E-state index in [9.17, 15) is 9.59 Å². The van der Waals surface area contributed by atoms with Crippen LogP contribution in [0.25, 0.3) is 0 Å². The van der Waals surface area contributed by atoms with E-state index in [0.717, 1.165) is 17.8 Å². The van der Waals surface area contributed by atoms with Gasteiger partial charge in [0.15, 0.2) is 16.7 Å². The molecule has 0 spiro atoms. The van der Waals surface area contributed by atoms with Gasteiger partial charge in [-0.05, 0) is 23.9 Å². The Balaban J connectivity index is 2.18. The largest absolute Gasteiger partial charge is 0.493 e. The molecule has 1 aromatic carbocycles. The van der Waals surface area contributed by atoms with Crippen LogP contribution in [0.5, 0.6) is 17.2 Å². The fraction of sp³-hybridized carbons (Fsp3) is 0.250. The zero-order chi connectivity index (χ0) is 19.1. The van der Waals surface area contributed by atoms with Crippen molar-refractivity contribution in [3.8, 4) is 17.2 Å². The number of amidine groups is 1. The molecule has 1 aromatic rings. The number of amides is 1. The van der Waals surface area contributed by atoms with Crippen molar-refractivity contribution in [1.82, 2.24) is 5.32 Å². The van der Waals surface area contributed by atoms with Gasteiger partial charge in [0.1, 0.15) is 0 Å². The summed E-state index contributed by atoms with van der Waals surface area (Å²) in [6.07, 6.45) is 2.55. The number of carbonyl (C=O) groups is 2. The second-order valence-corrected chi connectivity index (χ2v) is 5.73. The van der Waals surface area contributed by atoms with Gasteiger partial charge in [-0.1, -0.05) is 0 Å². The van der Waals surface area contributed by atoms with Crippen molar-refractivity contribution < 1.29 is 28.5 Å². The first kappa shape index (κ1) is 19.3. The number of ether oxygens (including phenoxy) is 4. The maximum absolute atomic E-state index is 11.7. The number of carbonyl (C=O) groups excluding carboxylic acids is 2. The summed E-state index contributed by atoms with van der Waals surface area (Å²) in [7, 11) is 5.77. The summed E-state index contributed by atoms with van der Waals surface area (Å²) in [5, 5.41) is 10.6. The van der Waals surface area contributed by atoms with Gasteiger partial charge in [0.2, 0.25) is 5.75 Å². The number of nitrogens with zero attached hydrogens (tertiary/aromatic N) is 2. The molecule has 1 fully saturated rings. The third-order valence-electron chi connectivity index (χ3n) is 3.14. The number of hydrogen-bond acceptors (Lipinski definition) is 9. The van der Waals surface area contributed by atoms with E-state index in [1.807, 2.05) is 0 Å². The smallest absolute Gasteiger partial charge is 0.331 e. The maximum Gasteiger partial charge on any atom is 0.331 e. The number of methoxy groups -OCH3 is 4. The third-order valence-corrected chi connectivity index (χ3v) is 4.04. The number of hydrogen-bond donors (Lipinski definition) is 1. The molecular weight excluding hydrogens is 362 g/mol. The van der Waals surface area contributed by atoms with Gasteiger partial charge < -0.3 is 18.9 Å². The zero-order valence-electron chi connectivity index (χ0n) is 14.6. The topological polar surface area (TPSA) is 108 Å². The molecule has 1 saturated heterocycles. The molecule has 0 radical (unpaired) electrons. The quantitative estimate of drug-likeness (QED) is 0.344. The second-order valence-electron chi connectivity index (χ2n) is 4.70. The Morgan fingerprint density at radius 3 is 2.31 bits per heavy atom. The molecule has 0 bridgehead atoms. The first-order chi connectivity index (χ1) is 12.5. The van der Waals surface area contributed by atoms with Gasteiger partial charge >= 0.3 is 5.97 Å². The van der Waals surface area contributed by atoms with Crippen LogP contribution in [0.4, 0.5) is 0 Å². The van der Waals surface area contributed by atoms with Crippen molar-refractivity contribution in [3.63, 3.8) is 0 Å². The van der Waals surface area contributed by atoms with Crippen molar-refractivity contribution >= 4 is 35.0 Å². The van der Waals surface area contributed by atoms with E-state index in [1.54, 1.807) is 12.1 Å². The van der Waals surface area contributed by atoms with Gasteiger partial charge in [0, 0.05) is 11.6 Å². The number of thioether (sulfide) groups is 1. The summed E-state index contributed by atoms with van der Waals surface area (Å²) in [6.45, 7) is 0. The predicted molar refractivity (Wildman–Crippen MR) is 97.0 cm³/mol. The number of esters is 1. The van der Waals surface area contributed by atoms with E-state index < -0.39 is 11.9 Å². The molecule has 1 aliphatic rings. The predicted octanol–water partition coefficient (Wildman–Crippen LogP) is 1.32. The van der Waals surface area contributed by atoms with Crippen molar-refractivity contribution in [3.05, 3.63) is 28.7 Å². The molecule has 1 heterocycles. The highest BCUT2D eigenvalue weighted by Crippen LogP contribution is 2.37. The Bertz CT molecular complexity index is 778. The van der Waals surface area contributed by atoms with E-state index in [-0.39, 0.29) is 10.1 Å². The highest BCUT2D eigenvalue weighted by Gasteiger charge is 2.25. The van der Waals surface area contributed by atoms with Crippen LogP contribution in [-0.2, 0) is 14.3 Å².